The molecule has 1 aromatic rings. The van der Waals surface area contributed by atoms with E-state index in [2.05, 4.69) is 9.88 Å². The molecule has 2 saturated heterocycles. The van der Waals surface area contributed by atoms with Crippen LogP contribution in [0.3, 0.4) is 0 Å². The monoisotopic (exact) mass is 303 g/mol. The van der Waals surface area contributed by atoms with Crippen molar-refractivity contribution in [2.45, 2.75) is 38.3 Å². The molecule has 1 amide bonds. The van der Waals surface area contributed by atoms with E-state index in [1.807, 2.05) is 29.4 Å². The van der Waals surface area contributed by atoms with E-state index in [-0.39, 0.29) is 12.0 Å². The van der Waals surface area contributed by atoms with Crippen LogP contribution in [0.1, 0.15) is 31.2 Å². The Morgan fingerprint density at radius 2 is 2.05 bits per heavy atom. The van der Waals surface area contributed by atoms with Gasteiger partial charge in [0.1, 0.15) is 0 Å². The number of carbonyl (C=O) groups is 1. The van der Waals surface area contributed by atoms with Gasteiger partial charge in [0.05, 0.1) is 12.6 Å². The van der Waals surface area contributed by atoms with Crippen molar-refractivity contribution in [2.75, 3.05) is 32.8 Å². The van der Waals surface area contributed by atoms with Gasteiger partial charge in [0, 0.05) is 45.2 Å². The maximum atomic E-state index is 12.5. The van der Waals surface area contributed by atoms with Gasteiger partial charge in [-0.15, -0.1) is 0 Å². The molecule has 5 heteroatoms. The molecule has 0 saturated carbocycles. The van der Waals surface area contributed by atoms with Gasteiger partial charge in [0.15, 0.2) is 0 Å². The molecule has 0 aromatic carbocycles. The lowest BCUT2D eigenvalue weighted by Crippen LogP contribution is -2.41. The zero-order valence-electron chi connectivity index (χ0n) is 13.1. The van der Waals surface area contributed by atoms with Gasteiger partial charge in [-0.1, -0.05) is 0 Å². The predicted octanol–water partition coefficient (Wildman–Crippen LogP) is 1.68. The van der Waals surface area contributed by atoms with E-state index < -0.39 is 0 Å². The molecule has 0 bridgehead atoms. The highest BCUT2D eigenvalue weighted by Crippen LogP contribution is 2.16. The molecule has 0 unspecified atom stereocenters. The van der Waals surface area contributed by atoms with E-state index >= 15 is 0 Å². The second kappa shape index (κ2) is 7.70. The van der Waals surface area contributed by atoms with Crippen molar-refractivity contribution in [3.8, 4) is 0 Å². The summed E-state index contributed by atoms with van der Waals surface area (Å²) in [7, 11) is 0. The summed E-state index contributed by atoms with van der Waals surface area (Å²) >= 11 is 0. The van der Waals surface area contributed by atoms with Crippen molar-refractivity contribution in [1.29, 1.82) is 0 Å². The van der Waals surface area contributed by atoms with Crippen LogP contribution in [-0.2, 0) is 16.1 Å². The second-order valence-electron chi connectivity index (χ2n) is 6.25. The van der Waals surface area contributed by atoms with Crippen LogP contribution in [0.2, 0.25) is 0 Å². The number of likely N-dealkylation sites (tertiary alicyclic amines) is 1. The highest BCUT2D eigenvalue weighted by molar-refractivity contribution is 5.78. The maximum absolute atomic E-state index is 12.5. The third-order valence-electron chi connectivity index (χ3n) is 4.46. The molecule has 2 aliphatic heterocycles. The van der Waals surface area contributed by atoms with Crippen LogP contribution in [0.5, 0.6) is 0 Å². The first-order chi connectivity index (χ1) is 10.8. The molecule has 2 aliphatic rings. The number of amides is 1. The van der Waals surface area contributed by atoms with Gasteiger partial charge in [-0.05, 0) is 43.4 Å². The molecule has 0 spiro atoms. The minimum Gasteiger partial charge on any atom is -0.377 e. The van der Waals surface area contributed by atoms with Gasteiger partial charge in [0.2, 0.25) is 5.91 Å². The number of carbonyl (C=O) groups excluding carboxylic acids is 1. The number of hydrogen-bond donors (Lipinski definition) is 0. The molecule has 1 aromatic heterocycles. The molecule has 5 nitrogen and oxygen atoms in total. The van der Waals surface area contributed by atoms with Crippen LogP contribution in [0.25, 0.3) is 0 Å². The highest BCUT2D eigenvalue weighted by Gasteiger charge is 2.24. The first-order valence-electron chi connectivity index (χ1n) is 8.32. The Hall–Kier alpha value is -1.46. The standard InChI is InChI=1S/C17H25N3O2/c21-17(20-9-1-2-10-20)14-19(13-16-4-3-11-22-16)12-15-5-7-18-8-6-15/h5-8,16H,1-4,9-14H2/t16-/m0/s1. The summed E-state index contributed by atoms with van der Waals surface area (Å²) in [5, 5.41) is 0. The van der Waals surface area contributed by atoms with E-state index in [4.69, 9.17) is 4.74 Å². The molecule has 3 heterocycles. The zero-order chi connectivity index (χ0) is 15.2. The Labute approximate surface area is 132 Å². The number of pyridine rings is 1. The van der Waals surface area contributed by atoms with E-state index in [9.17, 15) is 4.79 Å². The molecule has 3 rings (SSSR count). The van der Waals surface area contributed by atoms with Crippen LogP contribution in [-0.4, -0.2) is 59.6 Å². The fourth-order valence-electron chi connectivity index (χ4n) is 3.27. The Balaban J connectivity index is 1.60. The Morgan fingerprint density at radius 3 is 2.73 bits per heavy atom. The van der Waals surface area contributed by atoms with Crippen LogP contribution < -0.4 is 0 Å². The van der Waals surface area contributed by atoms with Crippen LogP contribution >= 0.6 is 0 Å². The van der Waals surface area contributed by atoms with Gasteiger partial charge in [0.25, 0.3) is 0 Å². The summed E-state index contributed by atoms with van der Waals surface area (Å²) in [5.41, 5.74) is 1.20. The fraction of sp³-hybridized carbons (Fsp3) is 0.647. The predicted molar refractivity (Wildman–Crippen MR) is 84.3 cm³/mol. The average Bonchev–Trinajstić information content (AvgIpc) is 3.21. The summed E-state index contributed by atoms with van der Waals surface area (Å²) in [6.07, 6.45) is 8.40. The minimum absolute atomic E-state index is 0.254. The number of ether oxygens (including phenoxy) is 1. The topological polar surface area (TPSA) is 45.7 Å². The SMILES string of the molecule is O=C(CN(Cc1ccncc1)C[C@@H]1CCCO1)N1CCCC1. The first-order valence-corrected chi connectivity index (χ1v) is 8.32. The molecule has 1 atom stereocenters. The zero-order valence-corrected chi connectivity index (χ0v) is 13.1. The summed E-state index contributed by atoms with van der Waals surface area (Å²) in [6.45, 7) is 4.80. The summed E-state index contributed by atoms with van der Waals surface area (Å²) in [6, 6.07) is 4.03. The smallest absolute Gasteiger partial charge is 0.236 e. The van der Waals surface area contributed by atoms with Crippen molar-refractivity contribution in [2.24, 2.45) is 0 Å². The number of aromatic nitrogens is 1. The summed E-state index contributed by atoms with van der Waals surface area (Å²) in [5.74, 6) is 0.254. The Kier molecular flexibility index (Phi) is 5.40. The Bertz CT molecular complexity index is 468. The van der Waals surface area contributed by atoms with Gasteiger partial charge >= 0.3 is 0 Å². The van der Waals surface area contributed by atoms with Crippen LogP contribution in [0.4, 0.5) is 0 Å². The second-order valence-corrected chi connectivity index (χ2v) is 6.25. The molecule has 2 fully saturated rings. The van der Waals surface area contributed by atoms with Crippen LogP contribution in [0.15, 0.2) is 24.5 Å². The summed E-state index contributed by atoms with van der Waals surface area (Å²) < 4.78 is 5.75. The van der Waals surface area contributed by atoms with Gasteiger partial charge in [-0.2, -0.15) is 0 Å². The van der Waals surface area contributed by atoms with E-state index in [0.717, 1.165) is 58.5 Å². The highest BCUT2D eigenvalue weighted by atomic mass is 16.5. The maximum Gasteiger partial charge on any atom is 0.236 e. The van der Waals surface area contributed by atoms with Crippen LogP contribution in [0, 0.1) is 0 Å². The quantitative estimate of drug-likeness (QED) is 0.802. The minimum atomic E-state index is 0.254. The molecular weight excluding hydrogens is 278 g/mol. The van der Waals surface area contributed by atoms with Gasteiger partial charge in [-0.25, -0.2) is 0 Å². The molecule has 0 radical (unpaired) electrons. The number of rotatable bonds is 6. The number of hydrogen-bond acceptors (Lipinski definition) is 4. The van der Waals surface area contributed by atoms with E-state index in [1.54, 1.807) is 0 Å². The van der Waals surface area contributed by atoms with Gasteiger partial charge in [-0.3, -0.25) is 14.7 Å². The molecular formula is C17H25N3O2. The van der Waals surface area contributed by atoms with Crippen molar-refractivity contribution in [1.82, 2.24) is 14.8 Å². The third-order valence-corrected chi connectivity index (χ3v) is 4.46. The fourth-order valence-corrected chi connectivity index (χ4v) is 3.27. The number of nitrogens with zero attached hydrogens (tertiary/aromatic N) is 3. The normalized spacial score (nSPS) is 21.7. The summed E-state index contributed by atoms with van der Waals surface area (Å²) in [4.78, 5) is 20.7. The largest absolute Gasteiger partial charge is 0.377 e. The third kappa shape index (κ3) is 4.27. The van der Waals surface area contributed by atoms with Gasteiger partial charge < -0.3 is 9.64 Å². The van der Waals surface area contributed by atoms with Crippen molar-refractivity contribution >= 4 is 5.91 Å². The van der Waals surface area contributed by atoms with Crippen molar-refractivity contribution in [3.05, 3.63) is 30.1 Å². The lowest BCUT2D eigenvalue weighted by atomic mass is 10.2. The van der Waals surface area contributed by atoms with Crippen molar-refractivity contribution < 1.29 is 9.53 Å². The molecule has 0 aliphatic carbocycles. The molecule has 120 valence electrons. The molecule has 22 heavy (non-hydrogen) atoms. The molecule has 0 N–H and O–H groups in total. The first kappa shape index (κ1) is 15.4. The Morgan fingerprint density at radius 1 is 1.27 bits per heavy atom. The lowest BCUT2D eigenvalue weighted by Gasteiger charge is -2.27. The van der Waals surface area contributed by atoms with E-state index in [0.29, 0.717) is 6.54 Å². The van der Waals surface area contributed by atoms with Crippen molar-refractivity contribution in [3.63, 3.8) is 0 Å². The average molecular weight is 303 g/mol. The lowest BCUT2D eigenvalue weighted by molar-refractivity contribution is -0.131. The van der Waals surface area contributed by atoms with E-state index in [1.165, 1.54) is 5.56 Å².